The van der Waals surface area contributed by atoms with Gasteiger partial charge in [0, 0.05) is 48.4 Å². The van der Waals surface area contributed by atoms with E-state index in [2.05, 4.69) is 33.6 Å². The van der Waals surface area contributed by atoms with Crippen molar-refractivity contribution in [2.75, 3.05) is 46.2 Å². The number of nitrogens with two attached hydrogens (primary N) is 1. The third kappa shape index (κ3) is 18.7. The predicted octanol–water partition coefficient (Wildman–Crippen LogP) is 4.86. The van der Waals surface area contributed by atoms with Gasteiger partial charge in [0.05, 0.1) is 13.2 Å². The lowest BCUT2D eigenvalue weighted by molar-refractivity contribution is -0.130. The molecule has 13 heteroatoms. The summed E-state index contributed by atoms with van der Waals surface area (Å²) in [5.41, 5.74) is 5.21. The fourth-order valence-electron chi connectivity index (χ4n) is 4.47. The summed E-state index contributed by atoms with van der Waals surface area (Å²) in [6.45, 7) is 11.7. The van der Waals surface area contributed by atoms with E-state index in [1.807, 2.05) is 67.8 Å². The molecule has 2 heterocycles. The van der Waals surface area contributed by atoms with Crippen molar-refractivity contribution >= 4 is 42.6 Å². The Bertz CT molecular complexity index is 1230. The Labute approximate surface area is 289 Å². The summed E-state index contributed by atoms with van der Waals surface area (Å²) >= 11 is 1.83. The summed E-state index contributed by atoms with van der Waals surface area (Å²) in [5, 5.41) is 8.48. The second-order valence-electron chi connectivity index (χ2n) is 10.2. The van der Waals surface area contributed by atoms with Gasteiger partial charge in [-0.1, -0.05) is 50.2 Å². The maximum Gasteiger partial charge on any atom is 0.251 e. The molecule has 0 aromatic heterocycles. The Balaban J connectivity index is 0.000000904. The number of thioether (sulfide) groups is 1. The van der Waals surface area contributed by atoms with Gasteiger partial charge in [-0.05, 0) is 62.6 Å². The van der Waals surface area contributed by atoms with Crippen LogP contribution < -0.4 is 21.1 Å². The van der Waals surface area contributed by atoms with Crippen LogP contribution in [0.3, 0.4) is 0 Å². The van der Waals surface area contributed by atoms with Crippen molar-refractivity contribution in [2.45, 2.75) is 47.1 Å². The Morgan fingerprint density at radius 2 is 1.67 bits per heavy atom. The van der Waals surface area contributed by atoms with E-state index in [1.165, 1.54) is 18.9 Å². The minimum atomic E-state index is -0.278. The molecular weight excluding hydrogens is 634 g/mol. The largest absolute Gasteiger partial charge is 0.457 e. The van der Waals surface area contributed by atoms with Gasteiger partial charge >= 0.3 is 0 Å². The number of benzene rings is 2. The average molecular weight is 688 g/mol. The molecule has 3 unspecified atom stereocenters. The number of hydrogen-bond acceptors (Lipinski definition) is 9. The number of nitrogens with zero attached hydrogens (tertiary/aromatic N) is 2. The van der Waals surface area contributed by atoms with Crippen LogP contribution in [0.25, 0.3) is 0 Å². The van der Waals surface area contributed by atoms with Crippen LogP contribution in [0.2, 0.25) is 0 Å². The molecule has 4 N–H and O–H groups in total. The van der Waals surface area contributed by atoms with Crippen LogP contribution in [0.1, 0.15) is 51.4 Å². The SMILES string of the molecule is CC.CC1C=C(CNC=O)SC1.CC=O.CO/N=C/N.COCC1CC(C)N(C(=O)CNC(=O)c2ccc(Oc3ccccc3)cc2)C1. The van der Waals surface area contributed by atoms with Crippen molar-refractivity contribution in [1.29, 1.82) is 0 Å². The minimum absolute atomic E-state index is 0.00879. The fraction of sp³-hybridized carbons (Fsp3) is 0.457. The number of nitrogens with one attached hydrogen (secondary N) is 2. The normalized spacial score (nSPS) is 17.3. The zero-order chi connectivity index (χ0) is 36.2. The summed E-state index contributed by atoms with van der Waals surface area (Å²) < 4.78 is 10.9. The van der Waals surface area contributed by atoms with Gasteiger partial charge in [-0.15, -0.1) is 11.8 Å². The summed E-state index contributed by atoms with van der Waals surface area (Å²) in [4.78, 5) is 50.7. The maximum atomic E-state index is 12.4. The van der Waals surface area contributed by atoms with Crippen LogP contribution in [0.4, 0.5) is 0 Å². The zero-order valence-corrected chi connectivity index (χ0v) is 30.0. The first-order chi connectivity index (χ1) is 23.2. The van der Waals surface area contributed by atoms with Crippen LogP contribution in [0.5, 0.6) is 11.5 Å². The van der Waals surface area contributed by atoms with Crippen LogP contribution in [0.15, 0.2) is 70.7 Å². The fourth-order valence-corrected chi connectivity index (χ4v) is 5.56. The van der Waals surface area contributed by atoms with Crippen molar-refractivity contribution in [3.8, 4) is 11.5 Å². The van der Waals surface area contributed by atoms with Gasteiger partial charge in [-0.2, -0.15) is 0 Å². The van der Waals surface area contributed by atoms with E-state index in [1.54, 1.807) is 31.4 Å². The Kier molecular flexibility index (Phi) is 25.2. The minimum Gasteiger partial charge on any atom is -0.457 e. The number of rotatable bonds is 11. The number of allylic oxidation sites excluding steroid dienone is 1. The molecule has 1 fully saturated rings. The van der Waals surface area contributed by atoms with Gasteiger partial charge in [0.25, 0.3) is 5.91 Å². The molecular formula is C35H53N5O7S. The molecule has 3 amide bonds. The molecule has 2 aromatic carbocycles. The Morgan fingerprint density at radius 1 is 1.04 bits per heavy atom. The van der Waals surface area contributed by atoms with Crippen molar-refractivity contribution in [3.05, 3.63) is 71.1 Å². The van der Waals surface area contributed by atoms with Crippen molar-refractivity contribution in [2.24, 2.45) is 22.7 Å². The Morgan fingerprint density at radius 3 is 2.17 bits per heavy atom. The predicted molar refractivity (Wildman–Crippen MR) is 193 cm³/mol. The first-order valence-electron chi connectivity index (χ1n) is 15.8. The maximum absolute atomic E-state index is 12.4. The van der Waals surface area contributed by atoms with Crippen molar-refractivity contribution < 1.29 is 33.5 Å². The third-order valence-electron chi connectivity index (χ3n) is 6.41. The molecule has 0 saturated carbocycles. The molecule has 48 heavy (non-hydrogen) atoms. The van der Waals surface area contributed by atoms with Gasteiger partial charge in [0.15, 0.2) is 0 Å². The highest BCUT2D eigenvalue weighted by Crippen LogP contribution is 2.27. The molecule has 266 valence electrons. The highest BCUT2D eigenvalue weighted by molar-refractivity contribution is 8.03. The van der Waals surface area contributed by atoms with Gasteiger partial charge < -0.3 is 40.4 Å². The first-order valence-corrected chi connectivity index (χ1v) is 16.8. The monoisotopic (exact) mass is 687 g/mol. The molecule has 12 nitrogen and oxygen atoms in total. The third-order valence-corrected chi connectivity index (χ3v) is 7.75. The number of carbonyl (C=O) groups excluding carboxylic acids is 4. The molecule has 2 aliphatic heterocycles. The van der Waals surface area contributed by atoms with E-state index in [0.29, 0.717) is 42.8 Å². The lowest BCUT2D eigenvalue weighted by Crippen LogP contribution is -2.42. The number of para-hydroxylation sites is 1. The lowest BCUT2D eigenvalue weighted by Gasteiger charge is -2.21. The zero-order valence-electron chi connectivity index (χ0n) is 29.2. The average Bonchev–Trinajstić information content (AvgIpc) is 3.69. The van der Waals surface area contributed by atoms with Crippen molar-refractivity contribution in [1.82, 2.24) is 15.5 Å². The summed E-state index contributed by atoms with van der Waals surface area (Å²) in [5.74, 6) is 3.23. The molecule has 0 spiro atoms. The quantitative estimate of drug-likeness (QED) is 0.130. The molecule has 2 aromatic rings. The highest BCUT2D eigenvalue weighted by atomic mass is 32.2. The van der Waals surface area contributed by atoms with Crippen LogP contribution in [0, 0.1) is 11.8 Å². The molecule has 0 aliphatic carbocycles. The van der Waals surface area contributed by atoms with Crippen LogP contribution in [-0.4, -0.2) is 88.0 Å². The number of likely N-dealkylation sites (tertiary alicyclic amines) is 1. The number of ether oxygens (including phenoxy) is 2. The number of hydrogen-bond donors (Lipinski definition) is 3. The first kappa shape index (κ1) is 43.6. The van der Waals surface area contributed by atoms with Crippen LogP contribution >= 0.6 is 11.8 Å². The second-order valence-corrected chi connectivity index (χ2v) is 11.3. The van der Waals surface area contributed by atoms with E-state index in [9.17, 15) is 14.4 Å². The van der Waals surface area contributed by atoms with Gasteiger partial charge in [0.2, 0.25) is 12.3 Å². The Hall–Kier alpha value is -4.36. The molecule has 0 radical (unpaired) electrons. The summed E-state index contributed by atoms with van der Waals surface area (Å²) in [6, 6.07) is 16.5. The van der Waals surface area contributed by atoms with E-state index in [0.717, 1.165) is 37.0 Å². The van der Waals surface area contributed by atoms with Gasteiger partial charge in [0.1, 0.15) is 31.2 Å². The second kappa shape index (κ2) is 27.7. The molecule has 0 bridgehead atoms. The van der Waals surface area contributed by atoms with Crippen LogP contribution in [-0.2, 0) is 24.0 Å². The molecule has 1 saturated heterocycles. The number of amides is 3. The van der Waals surface area contributed by atoms with Gasteiger partial charge in [-0.25, -0.2) is 0 Å². The van der Waals surface area contributed by atoms with E-state index in [4.69, 9.17) is 20.0 Å². The number of aldehydes is 1. The smallest absolute Gasteiger partial charge is 0.251 e. The van der Waals surface area contributed by atoms with E-state index < -0.39 is 0 Å². The summed E-state index contributed by atoms with van der Waals surface area (Å²) in [6.07, 6.45) is 5.71. The number of carbonyl (C=O) groups is 4. The summed E-state index contributed by atoms with van der Waals surface area (Å²) in [7, 11) is 3.11. The van der Waals surface area contributed by atoms with Gasteiger partial charge in [-0.3, -0.25) is 14.4 Å². The molecule has 4 rings (SSSR count). The lowest BCUT2D eigenvalue weighted by atomic mass is 10.1. The number of methoxy groups -OCH3 is 1. The molecule has 2 aliphatic rings. The van der Waals surface area contributed by atoms with Crippen molar-refractivity contribution in [3.63, 3.8) is 0 Å². The highest BCUT2D eigenvalue weighted by Gasteiger charge is 2.32. The van der Waals surface area contributed by atoms with E-state index >= 15 is 0 Å². The number of oxime groups is 1. The standard InChI is InChI=1S/C22H26N2O4.C7H11NOS.C2H6N2O.C2H4O.C2H6/c1-16-12-17(15-27-2)14-24(16)21(25)13-23-22(26)18-8-10-20(11-9-18)28-19-6-4-3-5-7-19;1-6-2-7(10-4-6)3-8-5-9;1-5-4-2-3;1-2-3;1-2/h3-11,16-17H,12-15H2,1-2H3,(H,23,26);2,5-6H,3-4H2,1H3,(H,8,9);2H,1H3,(H2,3,4);2H,1H3;1-2H3. The topological polar surface area (TPSA) is 162 Å². The molecule has 3 atom stereocenters. The van der Waals surface area contributed by atoms with E-state index in [-0.39, 0.29) is 24.4 Å².